The van der Waals surface area contributed by atoms with Crippen LogP contribution < -0.4 is 10.1 Å². The van der Waals surface area contributed by atoms with Crippen LogP contribution in [-0.4, -0.2) is 12.1 Å². The third-order valence-electron chi connectivity index (χ3n) is 3.55. The van der Waals surface area contributed by atoms with Crippen molar-refractivity contribution in [2.75, 3.05) is 7.11 Å². The van der Waals surface area contributed by atoms with Gasteiger partial charge in [0.05, 0.1) is 22.0 Å². The second kappa shape index (κ2) is 7.99. The highest BCUT2D eigenvalue weighted by Gasteiger charge is 2.10. The molecule has 0 bridgehead atoms. The fraction of sp³-hybridized carbons (Fsp3) is 0.167. The van der Waals surface area contributed by atoms with Crippen molar-refractivity contribution in [2.45, 2.75) is 13.1 Å². The number of aromatic nitrogens is 1. The Morgan fingerprint density at radius 2 is 1.92 bits per heavy atom. The molecule has 0 radical (unpaired) electrons. The van der Waals surface area contributed by atoms with Crippen LogP contribution in [0.5, 0.6) is 5.75 Å². The van der Waals surface area contributed by atoms with Gasteiger partial charge in [0.2, 0.25) is 0 Å². The van der Waals surface area contributed by atoms with Crippen molar-refractivity contribution in [1.29, 1.82) is 0 Å². The Morgan fingerprint density at radius 1 is 1.08 bits per heavy atom. The number of nitrogens with one attached hydrogen (secondary N) is 1. The summed E-state index contributed by atoms with van der Waals surface area (Å²) >= 11 is 14.0. The number of methoxy groups -OCH3 is 1. The van der Waals surface area contributed by atoms with Crippen molar-refractivity contribution in [3.63, 3.8) is 0 Å². The van der Waals surface area contributed by atoms with E-state index in [1.165, 1.54) is 0 Å². The second-order valence-corrected chi connectivity index (χ2v) is 7.04. The molecule has 1 heterocycles. The molecule has 24 heavy (non-hydrogen) atoms. The van der Waals surface area contributed by atoms with Gasteiger partial charge >= 0.3 is 0 Å². The Hall–Kier alpha value is -1.59. The van der Waals surface area contributed by atoms with Gasteiger partial charge in [-0.05, 0) is 12.1 Å². The van der Waals surface area contributed by atoms with Crippen molar-refractivity contribution in [3.8, 4) is 16.2 Å². The SMILES string of the molecule is COc1ccccc1CNCc1ncc(-c2cccc(Cl)c2Cl)s1. The summed E-state index contributed by atoms with van der Waals surface area (Å²) in [6.07, 6.45) is 1.84. The molecule has 1 aromatic heterocycles. The molecule has 0 aliphatic heterocycles. The van der Waals surface area contributed by atoms with Crippen LogP contribution in [0.3, 0.4) is 0 Å². The number of nitrogens with zero attached hydrogens (tertiary/aromatic N) is 1. The molecular formula is C18H16Cl2N2OS. The first kappa shape index (κ1) is 17.2. The van der Waals surface area contributed by atoms with Gasteiger partial charge in [-0.15, -0.1) is 11.3 Å². The molecule has 2 aromatic carbocycles. The molecule has 3 aromatic rings. The minimum Gasteiger partial charge on any atom is -0.496 e. The van der Waals surface area contributed by atoms with Crippen molar-refractivity contribution in [2.24, 2.45) is 0 Å². The van der Waals surface area contributed by atoms with E-state index in [0.29, 0.717) is 16.6 Å². The lowest BCUT2D eigenvalue weighted by Gasteiger charge is -2.08. The van der Waals surface area contributed by atoms with E-state index in [4.69, 9.17) is 27.9 Å². The highest BCUT2D eigenvalue weighted by Crippen LogP contribution is 2.36. The van der Waals surface area contributed by atoms with E-state index in [1.807, 2.05) is 42.6 Å². The number of hydrogen-bond acceptors (Lipinski definition) is 4. The molecule has 0 atom stereocenters. The van der Waals surface area contributed by atoms with Gasteiger partial charge in [-0.1, -0.05) is 53.5 Å². The third-order valence-corrected chi connectivity index (χ3v) is 5.40. The second-order valence-electron chi connectivity index (χ2n) is 5.14. The van der Waals surface area contributed by atoms with Gasteiger partial charge in [0.25, 0.3) is 0 Å². The normalized spacial score (nSPS) is 10.8. The Bertz CT molecular complexity index is 835. The minimum atomic E-state index is 0.554. The van der Waals surface area contributed by atoms with Crippen LogP contribution >= 0.6 is 34.5 Å². The molecule has 0 fully saturated rings. The average Bonchev–Trinajstić information content (AvgIpc) is 3.06. The number of halogens is 2. The summed E-state index contributed by atoms with van der Waals surface area (Å²) in [4.78, 5) is 5.47. The van der Waals surface area contributed by atoms with Crippen molar-refractivity contribution >= 4 is 34.5 Å². The van der Waals surface area contributed by atoms with Crippen LogP contribution in [0.1, 0.15) is 10.6 Å². The molecule has 1 N–H and O–H groups in total. The maximum absolute atomic E-state index is 6.27. The molecule has 0 aliphatic rings. The molecular weight excluding hydrogens is 363 g/mol. The zero-order valence-corrected chi connectivity index (χ0v) is 15.4. The summed E-state index contributed by atoms with van der Waals surface area (Å²) < 4.78 is 5.35. The number of rotatable bonds is 6. The lowest BCUT2D eigenvalue weighted by atomic mass is 10.2. The highest BCUT2D eigenvalue weighted by molar-refractivity contribution is 7.15. The summed E-state index contributed by atoms with van der Waals surface area (Å²) in [5, 5.41) is 5.51. The summed E-state index contributed by atoms with van der Waals surface area (Å²) in [5.74, 6) is 0.885. The molecule has 0 amide bonds. The number of benzene rings is 2. The average molecular weight is 379 g/mol. The van der Waals surface area contributed by atoms with Crippen molar-refractivity contribution in [1.82, 2.24) is 10.3 Å². The fourth-order valence-corrected chi connectivity index (χ4v) is 3.74. The summed E-state index contributed by atoms with van der Waals surface area (Å²) in [7, 11) is 1.68. The predicted octanol–water partition coefficient (Wildman–Crippen LogP) is 5.42. The maximum atomic E-state index is 6.27. The summed E-state index contributed by atoms with van der Waals surface area (Å²) in [5.41, 5.74) is 2.03. The maximum Gasteiger partial charge on any atom is 0.123 e. The van der Waals surface area contributed by atoms with E-state index in [1.54, 1.807) is 24.5 Å². The van der Waals surface area contributed by atoms with E-state index in [0.717, 1.165) is 33.3 Å². The van der Waals surface area contributed by atoms with Gasteiger partial charge in [0.1, 0.15) is 10.8 Å². The Labute approximate surface area is 155 Å². The van der Waals surface area contributed by atoms with Gasteiger partial charge in [0, 0.05) is 30.4 Å². The lowest BCUT2D eigenvalue weighted by Crippen LogP contribution is -2.13. The predicted molar refractivity (Wildman–Crippen MR) is 101 cm³/mol. The van der Waals surface area contributed by atoms with E-state index < -0.39 is 0 Å². The van der Waals surface area contributed by atoms with Crippen molar-refractivity contribution in [3.05, 3.63) is 69.3 Å². The molecule has 3 nitrogen and oxygen atoms in total. The van der Waals surface area contributed by atoms with Crippen LogP contribution in [0.2, 0.25) is 10.0 Å². The largest absolute Gasteiger partial charge is 0.496 e. The third kappa shape index (κ3) is 3.90. The van der Waals surface area contributed by atoms with Gasteiger partial charge in [-0.2, -0.15) is 0 Å². The Kier molecular flexibility index (Phi) is 5.74. The molecule has 0 saturated carbocycles. The molecule has 0 spiro atoms. The van der Waals surface area contributed by atoms with Crippen LogP contribution in [0.25, 0.3) is 10.4 Å². The molecule has 0 unspecified atom stereocenters. The quantitative estimate of drug-likeness (QED) is 0.621. The first-order valence-corrected chi connectivity index (χ1v) is 8.98. The van der Waals surface area contributed by atoms with Crippen LogP contribution in [0.15, 0.2) is 48.7 Å². The Morgan fingerprint density at radius 3 is 2.75 bits per heavy atom. The first-order chi connectivity index (χ1) is 11.7. The van der Waals surface area contributed by atoms with Crippen LogP contribution in [0.4, 0.5) is 0 Å². The number of ether oxygens (including phenoxy) is 1. The monoisotopic (exact) mass is 378 g/mol. The van der Waals surface area contributed by atoms with Gasteiger partial charge in [0.15, 0.2) is 0 Å². The Balaban J connectivity index is 1.65. The fourth-order valence-electron chi connectivity index (χ4n) is 2.36. The minimum absolute atomic E-state index is 0.554. The molecule has 3 rings (SSSR count). The molecule has 0 saturated heterocycles. The number of hydrogen-bond donors (Lipinski definition) is 1. The van der Waals surface area contributed by atoms with Crippen LogP contribution in [0, 0.1) is 0 Å². The van der Waals surface area contributed by atoms with Gasteiger partial charge < -0.3 is 10.1 Å². The molecule has 6 heteroatoms. The van der Waals surface area contributed by atoms with E-state index in [9.17, 15) is 0 Å². The molecule has 0 aliphatic carbocycles. The van der Waals surface area contributed by atoms with E-state index in [2.05, 4.69) is 10.3 Å². The number of thiazole rings is 1. The van der Waals surface area contributed by atoms with Crippen LogP contribution in [-0.2, 0) is 13.1 Å². The standard InChI is InChI=1S/C18H16Cl2N2OS/c1-23-15-8-3-2-5-12(15)9-21-11-17-22-10-16(24-17)13-6-4-7-14(19)18(13)20/h2-8,10,21H,9,11H2,1H3. The highest BCUT2D eigenvalue weighted by atomic mass is 35.5. The summed E-state index contributed by atoms with van der Waals surface area (Å²) in [6.45, 7) is 1.40. The van der Waals surface area contributed by atoms with Crippen molar-refractivity contribution < 1.29 is 4.74 Å². The zero-order valence-electron chi connectivity index (χ0n) is 13.1. The molecule has 124 valence electrons. The topological polar surface area (TPSA) is 34.1 Å². The summed E-state index contributed by atoms with van der Waals surface area (Å²) in [6, 6.07) is 13.6. The van der Waals surface area contributed by atoms with Gasteiger partial charge in [-0.25, -0.2) is 4.98 Å². The first-order valence-electron chi connectivity index (χ1n) is 7.40. The zero-order chi connectivity index (χ0) is 16.9. The van der Waals surface area contributed by atoms with E-state index >= 15 is 0 Å². The van der Waals surface area contributed by atoms with E-state index in [-0.39, 0.29) is 0 Å². The van der Waals surface area contributed by atoms with Gasteiger partial charge in [-0.3, -0.25) is 0 Å². The lowest BCUT2D eigenvalue weighted by molar-refractivity contribution is 0.407. The smallest absolute Gasteiger partial charge is 0.123 e. The number of para-hydroxylation sites is 1.